The largest absolute Gasteiger partial charge is 0.316 e. The van der Waals surface area contributed by atoms with Crippen molar-refractivity contribution in [3.05, 3.63) is 11.6 Å². The second-order valence-corrected chi connectivity index (χ2v) is 5.96. The van der Waals surface area contributed by atoms with Crippen molar-refractivity contribution in [3.8, 4) is 0 Å². The minimum atomic E-state index is 0.748. The van der Waals surface area contributed by atoms with Crippen LogP contribution in [0, 0.1) is 5.92 Å². The number of nitrogens with one attached hydrogen (secondary N) is 1. The zero-order valence-corrected chi connectivity index (χ0v) is 11.5. The first kappa shape index (κ1) is 13.1. The first-order valence-corrected chi connectivity index (χ1v) is 7.75. The number of rotatable bonds is 4. The lowest BCUT2D eigenvalue weighted by molar-refractivity contribution is 0.329. The average molecular weight is 235 g/mol. The molecule has 0 radical (unpaired) electrons. The Kier molecular flexibility index (Phi) is 5.57. The summed E-state index contributed by atoms with van der Waals surface area (Å²) in [6.45, 7) is 0. The van der Waals surface area contributed by atoms with E-state index in [-0.39, 0.29) is 0 Å². The first-order valence-electron chi connectivity index (χ1n) is 7.75. The summed E-state index contributed by atoms with van der Waals surface area (Å²) in [5, 5.41) is 3.61. The Labute approximate surface area is 107 Å². The first-order chi connectivity index (χ1) is 8.40. The molecular weight excluding hydrogens is 206 g/mol. The van der Waals surface area contributed by atoms with Gasteiger partial charge < -0.3 is 5.32 Å². The van der Waals surface area contributed by atoms with Crippen LogP contribution in [0.5, 0.6) is 0 Å². The Balaban J connectivity index is 1.87. The highest BCUT2D eigenvalue weighted by molar-refractivity contribution is 5.07. The van der Waals surface area contributed by atoms with Gasteiger partial charge in [-0.2, -0.15) is 0 Å². The van der Waals surface area contributed by atoms with E-state index in [1.165, 1.54) is 70.6 Å². The molecule has 0 aromatic carbocycles. The molecule has 0 amide bonds. The van der Waals surface area contributed by atoms with Crippen LogP contribution in [0.15, 0.2) is 11.6 Å². The van der Waals surface area contributed by atoms with Gasteiger partial charge in [-0.3, -0.25) is 0 Å². The molecule has 2 rings (SSSR count). The molecule has 1 nitrogen and oxygen atoms in total. The van der Waals surface area contributed by atoms with Gasteiger partial charge in [-0.1, -0.05) is 37.3 Å². The molecule has 1 atom stereocenters. The lowest BCUT2D eigenvalue weighted by Crippen LogP contribution is -2.34. The smallest absolute Gasteiger partial charge is 0.0129 e. The monoisotopic (exact) mass is 235 g/mol. The predicted octanol–water partition coefficient (Wildman–Crippen LogP) is 4.44. The summed E-state index contributed by atoms with van der Waals surface area (Å²) in [5.41, 5.74) is 1.74. The molecule has 1 N–H and O–H groups in total. The topological polar surface area (TPSA) is 12.0 Å². The van der Waals surface area contributed by atoms with Gasteiger partial charge in [0.15, 0.2) is 0 Å². The maximum absolute atomic E-state index is 3.61. The molecule has 1 fully saturated rings. The van der Waals surface area contributed by atoms with Crippen molar-refractivity contribution in [1.29, 1.82) is 0 Å². The highest BCUT2D eigenvalue weighted by Gasteiger charge is 2.22. The van der Waals surface area contributed by atoms with E-state index in [1.54, 1.807) is 5.57 Å². The second-order valence-electron chi connectivity index (χ2n) is 5.96. The van der Waals surface area contributed by atoms with Gasteiger partial charge >= 0.3 is 0 Å². The van der Waals surface area contributed by atoms with E-state index in [0.717, 1.165) is 12.0 Å². The summed E-state index contributed by atoms with van der Waals surface area (Å²) in [7, 11) is 2.17. The van der Waals surface area contributed by atoms with Gasteiger partial charge in [-0.15, -0.1) is 0 Å². The molecule has 98 valence electrons. The zero-order chi connectivity index (χ0) is 11.9. The van der Waals surface area contributed by atoms with Gasteiger partial charge in [0.2, 0.25) is 0 Å². The maximum atomic E-state index is 3.61. The summed E-state index contributed by atoms with van der Waals surface area (Å²) in [6.07, 6.45) is 18.1. The van der Waals surface area contributed by atoms with Gasteiger partial charge in [-0.05, 0) is 57.9 Å². The van der Waals surface area contributed by atoms with E-state index in [0.29, 0.717) is 0 Å². The molecule has 17 heavy (non-hydrogen) atoms. The Bertz CT molecular complexity index is 236. The minimum absolute atomic E-state index is 0.748. The highest BCUT2D eigenvalue weighted by Crippen LogP contribution is 2.30. The van der Waals surface area contributed by atoms with Crippen molar-refractivity contribution in [2.75, 3.05) is 7.05 Å². The molecule has 0 saturated heterocycles. The van der Waals surface area contributed by atoms with E-state index >= 15 is 0 Å². The van der Waals surface area contributed by atoms with E-state index < -0.39 is 0 Å². The van der Waals surface area contributed by atoms with Crippen molar-refractivity contribution in [2.24, 2.45) is 5.92 Å². The zero-order valence-electron chi connectivity index (χ0n) is 11.5. The molecule has 1 unspecified atom stereocenters. The normalized spacial score (nSPS) is 25.1. The molecule has 0 aromatic heterocycles. The van der Waals surface area contributed by atoms with E-state index in [1.807, 2.05) is 0 Å². The van der Waals surface area contributed by atoms with Crippen LogP contribution in [-0.4, -0.2) is 13.1 Å². The molecule has 1 heteroatoms. The summed E-state index contributed by atoms with van der Waals surface area (Å²) in [6, 6.07) is 0.748. The molecule has 0 spiro atoms. The highest BCUT2D eigenvalue weighted by atomic mass is 14.9. The molecular formula is C16H29N. The van der Waals surface area contributed by atoms with Crippen LogP contribution in [0.3, 0.4) is 0 Å². The molecule has 1 saturated carbocycles. The fourth-order valence-electron chi connectivity index (χ4n) is 3.59. The average Bonchev–Trinajstić information content (AvgIpc) is 2.66. The minimum Gasteiger partial charge on any atom is -0.316 e. The van der Waals surface area contributed by atoms with Crippen LogP contribution < -0.4 is 5.32 Å². The number of hydrogen-bond acceptors (Lipinski definition) is 1. The lowest BCUT2D eigenvalue weighted by atomic mass is 9.85. The second kappa shape index (κ2) is 7.20. The molecule has 2 aliphatic carbocycles. The Hall–Kier alpha value is -0.300. The molecule has 2 aliphatic rings. The van der Waals surface area contributed by atoms with Crippen molar-refractivity contribution in [1.82, 2.24) is 5.32 Å². The fourth-order valence-corrected chi connectivity index (χ4v) is 3.59. The Morgan fingerprint density at radius 3 is 2.47 bits per heavy atom. The van der Waals surface area contributed by atoms with Crippen LogP contribution in [-0.2, 0) is 0 Å². The summed E-state index contributed by atoms with van der Waals surface area (Å²) >= 11 is 0. The maximum Gasteiger partial charge on any atom is 0.0129 e. The van der Waals surface area contributed by atoms with E-state index in [4.69, 9.17) is 0 Å². The third-order valence-electron chi connectivity index (χ3n) is 4.71. The van der Waals surface area contributed by atoms with E-state index in [9.17, 15) is 0 Å². The molecule has 0 bridgehead atoms. The van der Waals surface area contributed by atoms with Gasteiger partial charge in [0.25, 0.3) is 0 Å². The van der Waals surface area contributed by atoms with Crippen molar-refractivity contribution in [3.63, 3.8) is 0 Å². The SMILES string of the molecule is CNC(CC1=CCCCC1)C1CCCCCC1. The standard InChI is InChI=1S/C16H29N/c1-17-16(13-14-9-5-4-6-10-14)15-11-7-2-3-8-12-15/h9,15-17H,2-8,10-13H2,1H3. The summed E-state index contributed by atoms with van der Waals surface area (Å²) < 4.78 is 0. The molecule has 0 aliphatic heterocycles. The number of hydrogen-bond donors (Lipinski definition) is 1. The number of allylic oxidation sites excluding steroid dienone is 1. The summed E-state index contributed by atoms with van der Waals surface area (Å²) in [4.78, 5) is 0. The fraction of sp³-hybridized carbons (Fsp3) is 0.875. The predicted molar refractivity (Wildman–Crippen MR) is 75.2 cm³/mol. The van der Waals surface area contributed by atoms with Gasteiger partial charge in [0.1, 0.15) is 0 Å². The van der Waals surface area contributed by atoms with Gasteiger partial charge in [0.05, 0.1) is 0 Å². The Morgan fingerprint density at radius 2 is 1.88 bits per heavy atom. The van der Waals surface area contributed by atoms with Crippen molar-refractivity contribution < 1.29 is 0 Å². The van der Waals surface area contributed by atoms with E-state index in [2.05, 4.69) is 18.4 Å². The van der Waals surface area contributed by atoms with Crippen molar-refractivity contribution in [2.45, 2.75) is 76.7 Å². The summed E-state index contributed by atoms with van der Waals surface area (Å²) in [5.74, 6) is 0.935. The van der Waals surface area contributed by atoms with Crippen molar-refractivity contribution >= 4 is 0 Å². The van der Waals surface area contributed by atoms with Gasteiger partial charge in [-0.25, -0.2) is 0 Å². The van der Waals surface area contributed by atoms with Crippen LogP contribution >= 0.6 is 0 Å². The van der Waals surface area contributed by atoms with Crippen LogP contribution in [0.2, 0.25) is 0 Å². The van der Waals surface area contributed by atoms with Gasteiger partial charge in [0, 0.05) is 6.04 Å². The van der Waals surface area contributed by atoms with Crippen LogP contribution in [0.1, 0.15) is 70.6 Å². The van der Waals surface area contributed by atoms with Crippen LogP contribution in [0.25, 0.3) is 0 Å². The third kappa shape index (κ3) is 4.13. The van der Waals surface area contributed by atoms with Crippen LogP contribution in [0.4, 0.5) is 0 Å². The molecule has 0 heterocycles. The quantitative estimate of drug-likeness (QED) is 0.561. The lowest BCUT2D eigenvalue weighted by Gasteiger charge is -2.28. The molecule has 0 aromatic rings. The Morgan fingerprint density at radius 1 is 1.12 bits per heavy atom. The third-order valence-corrected chi connectivity index (χ3v) is 4.71.